The molecule has 1 heterocycles. The lowest BCUT2D eigenvalue weighted by Gasteiger charge is -2.51. The van der Waals surface area contributed by atoms with Crippen LogP contribution in [0.1, 0.15) is 66.4 Å². The number of carbonyl (C=O) groups is 3. The molecule has 2 rings (SSSR count). The third-order valence-electron chi connectivity index (χ3n) is 7.15. The van der Waals surface area contributed by atoms with Crippen molar-refractivity contribution in [1.29, 1.82) is 0 Å². The number of benzene rings is 1. The Morgan fingerprint density at radius 3 is 2.26 bits per heavy atom. The van der Waals surface area contributed by atoms with Gasteiger partial charge in [0.05, 0.1) is 5.60 Å². The number of hydrogen-bond donors (Lipinski definition) is 3. The van der Waals surface area contributed by atoms with E-state index in [2.05, 4.69) is 10.6 Å². The van der Waals surface area contributed by atoms with Gasteiger partial charge in [-0.25, -0.2) is 0 Å². The quantitative estimate of drug-likeness (QED) is 0.516. The second-order valence-electron chi connectivity index (χ2n) is 11.0. The Hall–Kier alpha value is -2.12. The summed E-state index contributed by atoms with van der Waals surface area (Å²) in [5.74, 6) is -0.637. The maximum atomic E-state index is 13.5. The van der Waals surface area contributed by atoms with Gasteiger partial charge in [0, 0.05) is 42.4 Å². The summed E-state index contributed by atoms with van der Waals surface area (Å²) in [6.07, 6.45) is 0.910. The van der Waals surface area contributed by atoms with Crippen molar-refractivity contribution in [3.8, 4) is 0 Å². The van der Waals surface area contributed by atoms with Gasteiger partial charge in [-0.2, -0.15) is 0 Å². The van der Waals surface area contributed by atoms with Crippen molar-refractivity contribution in [3.63, 3.8) is 0 Å². The van der Waals surface area contributed by atoms with E-state index in [0.717, 1.165) is 5.56 Å². The van der Waals surface area contributed by atoms with E-state index in [1.807, 2.05) is 39.8 Å². The van der Waals surface area contributed by atoms with E-state index in [4.69, 9.17) is 11.6 Å². The Labute approximate surface area is 208 Å². The smallest absolute Gasteiger partial charge is 0.245 e. The maximum Gasteiger partial charge on any atom is 0.245 e. The van der Waals surface area contributed by atoms with Gasteiger partial charge in [-0.3, -0.25) is 14.4 Å². The van der Waals surface area contributed by atoms with Gasteiger partial charge >= 0.3 is 0 Å². The van der Waals surface area contributed by atoms with Gasteiger partial charge in [-0.05, 0) is 36.5 Å². The summed E-state index contributed by atoms with van der Waals surface area (Å²) >= 11 is 6.02. The number of rotatable bonds is 8. The van der Waals surface area contributed by atoms with Crippen molar-refractivity contribution in [2.24, 2.45) is 16.7 Å². The van der Waals surface area contributed by atoms with Crippen molar-refractivity contribution in [3.05, 3.63) is 34.9 Å². The summed E-state index contributed by atoms with van der Waals surface area (Å²) in [4.78, 5) is 39.9. The summed E-state index contributed by atoms with van der Waals surface area (Å²) in [6.45, 7) is 12.0. The van der Waals surface area contributed by atoms with Crippen molar-refractivity contribution >= 4 is 29.3 Å². The van der Waals surface area contributed by atoms with Crippen LogP contribution >= 0.6 is 11.6 Å². The van der Waals surface area contributed by atoms with Gasteiger partial charge in [-0.15, -0.1) is 0 Å². The van der Waals surface area contributed by atoms with Crippen molar-refractivity contribution < 1.29 is 19.5 Å². The van der Waals surface area contributed by atoms with Crippen LogP contribution < -0.4 is 10.6 Å². The molecule has 7 nitrogen and oxygen atoms in total. The second kappa shape index (κ2) is 10.6. The fourth-order valence-electron chi connectivity index (χ4n) is 4.60. The predicted octanol–water partition coefficient (Wildman–Crippen LogP) is 3.48. The normalized spacial score (nSPS) is 21.2. The fraction of sp³-hybridized carbons (Fsp3) is 0.654. The summed E-state index contributed by atoms with van der Waals surface area (Å²) in [7, 11) is 1.58. The molecule has 1 aromatic rings. The molecule has 0 aliphatic carbocycles. The van der Waals surface area contributed by atoms with E-state index < -0.39 is 22.5 Å². The number of hydrogen-bond acceptors (Lipinski definition) is 4. The van der Waals surface area contributed by atoms with E-state index in [9.17, 15) is 19.5 Å². The molecule has 0 aromatic heterocycles. The van der Waals surface area contributed by atoms with Crippen LogP contribution in [0.4, 0.5) is 0 Å². The molecule has 3 amide bonds. The predicted molar refractivity (Wildman–Crippen MR) is 134 cm³/mol. The first-order valence-corrected chi connectivity index (χ1v) is 12.3. The monoisotopic (exact) mass is 493 g/mol. The third-order valence-corrected chi connectivity index (χ3v) is 7.40. The molecule has 0 unspecified atom stereocenters. The molecule has 1 aromatic carbocycles. The average molecular weight is 494 g/mol. The number of halogens is 1. The molecule has 34 heavy (non-hydrogen) atoms. The Bertz CT molecular complexity index is 898. The molecule has 8 heteroatoms. The minimum atomic E-state index is -1.10. The number of nitrogens with zero attached hydrogens (tertiary/aromatic N) is 1. The van der Waals surface area contributed by atoms with Crippen molar-refractivity contribution in [2.75, 3.05) is 20.1 Å². The van der Waals surface area contributed by atoms with E-state index in [0.29, 0.717) is 31.0 Å². The topological polar surface area (TPSA) is 98.7 Å². The molecular formula is C26H40ClN3O4. The van der Waals surface area contributed by atoms with Gasteiger partial charge in [0.2, 0.25) is 17.7 Å². The summed E-state index contributed by atoms with van der Waals surface area (Å²) < 4.78 is 0. The Morgan fingerprint density at radius 1 is 1.18 bits per heavy atom. The molecule has 190 valence electrons. The molecule has 1 aliphatic rings. The minimum absolute atomic E-state index is 0.108. The van der Waals surface area contributed by atoms with Crippen LogP contribution in [0.25, 0.3) is 0 Å². The lowest BCUT2D eigenvalue weighted by atomic mass is 9.66. The standard InChI is InChI=1S/C26H40ClN3O4/c1-17(2)21(29-20(31)12-13-24(3,4)23(33)28-7)22(32)30-15-14-26(34,25(5,6)16-30)18-8-10-19(27)11-9-18/h8-11,17,21,34H,12-16H2,1-7H3,(H,28,33)(H,29,31)/t21-,26+/m1/s1. The van der Waals surface area contributed by atoms with Crippen LogP contribution in [0.3, 0.4) is 0 Å². The number of amides is 3. The maximum absolute atomic E-state index is 13.5. The zero-order chi connectivity index (χ0) is 25.9. The van der Waals surface area contributed by atoms with Crippen LogP contribution in [0.5, 0.6) is 0 Å². The van der Waals surface area contributed by atoms with E-state index in [-0.39, 0.29) is 30.1 Å². The first-order valence-electron chi connectivity index (χ1n) is 11.9. The molecule has 0 spiro atoms. The molecule has 2 atom stereocenters. The van der Waals surface area contributed by atoms with Gasteiger partial charge in [0.1, 0.15) is 6.04 Å². The third kappa shape index (κ3) is 6.11. The average Bonchev–Trinajstić information content (AvgIpc) is 2.77. The minimum Gasteiger partial charge on any atom is -0.384 e. The van der Waals surface area contributed by atoms with E-state index in [1.165, 1.54) is 0 Å². The molecular weight excluding hydrogens is 454 g/mol. The van der Waals surface area contributed by atoms with Crippen LogP contribution in [-0.4, -0.2) is 53.9 Å². The van der Waals surface area contributed by atoms with Crippen LogP contribution in [0, 0.1) is 16.7 Å². The number of likely N-dealkylation sites (tertiary alicyclic amines) is 1. The van der Waals surface area contributed by atoms with Gasteiger partial charge in [0.25, 0.3) is 0 Å². The number of nitrogens with one attached hydrogen (secondary N) is 2. The first-order chi connectivity index (χ1) is 15.6. The lowest BCUT2D eigenvalue weighted by Crippen LogP contribution is -2.60. The van der Waals surface area contributed by atoms with Crippen molar-refractivity contribution in [1.82, 2.24) is 15.5 Å². The summed E-state index contributed by atoms with van der Waals surface area (Å²) in [5.41, 5.74) is -1.61. The fourth-order valence-corrected chi connectivity index (χ4v) is 4.73. The Kier molecular flexibility index (Phi) is 8.81. The largest absolute Gasteiger partial charge is 0.384 e. The number of aliphatic hydroxyl groups is 1. The van der Waals surface area contributed by atoms with Gasteiger partial charge < -0.3 is 20.6 Å². The highest BCUT2D eigenvalue weighted by molar-refractivity contribution is 6.30. The highest BCUT2D eigenvalue weighted by Crippen LogP contribution is 2.46. The van der Waals surface area contributed by atoms with Gasteiger partial charge in [-0.1, -0.05) is 65.3 Å². The van der Waals surface area contributed by atoms with E-state index in [1.54, 1.807) is 37.9 Å². The summed E-state index contributed by atoms with van der Waals surface area (Å²) in [5, 5.41) is 17.7. The lowest BCUT2D eigenvalue weighted by molar-refractivity contribution is -0.156. The number of piperidine rings is 1. The van der Waals surface area contributed by atoms with Crippen molar-refractivity contribution in [2.45, 2.75) is 72.4 Å². The zero-order valence-corrected chi connectivity index (χ0v) is 22.3. The molecule has 0 saturated carbocycles. The molecule has 0 radical (unpaired) electrons. The Morgan fingerprint density at radius 2 is 1.76 bits per heavy atom. The highest BCUT2D eigenvalue weighted by atomic mass is 35.5. The highest BCUT2D eigenvalue weighted by Gasteiger charge is 2.50. The molecule has 3 N–H and O–H groups in total. The first kappa shape index (κ1) is 28.1. The molecule has 1 saturated heterocycles. The second-order valence-corrected chi connectivity index (χ2v) is 11.4. The van der Waals surface area contributed by atoms with Crippen LogP contribution in [-0.2, 0) is 20.0 Å². The summed E-state index contributed by atoms with van der Waals surface area (Å²) in [6, 6.07) is 6.52. The molecule has 1 fully saturated rings. The van der Waals surface area contributed by atoms with Gasteiger partial charge in [0.15, 0.2) is 0 Å². The zero-order valence-electron chi connectivity index (χ0n) is 21.5. The SMILES string of the molecule is CNC(=O)C(C)(C)CCC(=O)N[C@@H](C(=O)N1CC[C@](O)(c2ccc(Cl)cc2)C(C)(C)C1)C(C)C. The number of carbonyl (C=O) groups excluding carboxylic acids is 3. The van der Waals surface area contributed by atoms with Crippen LogP contribution in [0.2, 0.25) is 5.02 Å². The molecule has 1 aliphatic heterocycles. The van der Waals surface area contributed by atoms with E-state index >= 15 is 0 Å². The Balaban J connectivity index is 2.09. The molecule has 0 bridgehead atoms. The van der Waals surface area contributed by atoms with Crippen LogP contribution in [0.15, 0.2) is 24.3 Å².